The molecule has 0 saturated carbocycles. The van der Waals surface area contributed by atoms with Gasteiger partial charge in [-0.05, 0) is 18.9 Å². The fraction of sp³-hybridized carbons (Fsp3) is 0.500. The van der Waals surface area contributed by atoms with E-state index in [-0.39, 0.29) is 5.91 Å². The van der Waals surface area contributed by atoms with Crippen molar-refractivity contribution in [3.63, 3.8) is 0 Å². The Kier molecular flexibility index (Phi) is 7.69. The van der Waals surface area contributed by atoms with Crippen LogP contribution in [0.25, 0.3) is 0 Å². The van der Waals surface area contributed by atoms with Crippen molar-refractivity contribution < 1.29 is 9.53 Å². The molecule has 0 spiro atoms. The number of ether oxygens (including phenoxy) is 1. The molecule has 0 heterocycles. The van der Waals surface area contributed by atoms with E-state index in [9.17, 15) is 4.79 Å². The number of aryl methyl sites for hydroxylation is 2. The summed E-state index contributed by atoms with van der Waals surface area (Å²) in [6, 6.07) is 8.28. The van der Waals surface area contributed by atoms with Crippen LogP contribution >= 0.6 is 15.9 Å². The number of halogens is 1. The van der Waals surface area contributed by atoms with Crippen LogP contribution in [0.5, 0.6) is 0 Å². The molecule has 0 saturated heterocycles. The van der Waals surface area contributed by atoms with E-state index >= 15 is 0 Å². The first kappa shape index (κ1) is 15.2. The van der Waals surface area contributed by atoms with Crippen molar-refractivity contribution in [1.29, 1.82) is 0 Å². The number of hydrogen-bond donors (Lipinski definition) is 1. The number of nitrogens with one attached hydrogen (secondary N) is 1. The Morgan fingerprint density at radius 2 is 2.00 bits per heavy atom. The summed E-state index contributed by atoms with van der Waals surface area (Å²) in [5, 5.41) is 3.67. The van der Waals surface area contributed by atoms with Crippen molar-refractivity contribution in [2.24, 2.45) is 0 Å². The molecule has 0 aliphatic carbocycles. The average Bonchev–Trinajstić information content (AvgIpc) is 2.38. The molecule has 0 unspecified atom stereocenters. The van der Waals surface area contributed by atoms with E-state index in [0.717, 1.165) is 11.8 Å². The van der Waals surface area contributed by atoms with Crippen LogP contribution in [0.2, 0.25) is 0 Å². The number of benzene rings is 1. The number of alkyl halides is 1. The van der Waals surface area contributed by atoms with Crippen LogP contribution < -0.4 is 5.32 Å². The monoisotopic (exact) mass is 313 g/mol. The van der Waals surface area contributed by atoms with Gasteiger partial charge in [0.2, 0.25) is 5.91 Å². The van der Waals surface area contributed by atoms with E-state index in [0.29, 0.717) is 26.2 Å². The molecule has 0 radical (unpaired) electrons. The van der Waals surface area contributed by atoms with Gasteiger partial charge in [0.25, 0.3) is 0 Å². The molecule has 0 aromatic heterocycles. The molecule has 0 atom stereocenters. The SMILES string of the molecule is Cc1ccc(CCC(=O)NCCOCCBr)cc1. The summed E-state index contributed by atoms with van der Waals surface area (Å²) in [7, 11) is 0. The highest BCUT2D eigenvalue weighted by atomic mass is 79.9. The van der Waals surface area contributed by atoms with E-state index < -0.39 is 0 Å². The molecule has 0 aliphatic heterocycles. The Bertz CT molecular complexity index is 351. The van der Waals surface area contributed by atoms with E-state index in [1.54, 1.807) is 0 Å². The molecule has 3 nitrogen and oxygen atoms in total. The Morgan fingerprint density at radius 3 is 2.67 bits per heavy atom. The van der Waals surface area contributed by atoms with Crippen molar-refractivity contribution in [3.05, 3.63) is 35.4 Å². The van der Waals surface area contributed by atoms with E-state index in [4.69, 9.17) is 4.74 Å². The number of rotatable bonds is 8. The first-order chi connectivity index (χ1) is 8.72. The normalized spacial score (nSPS) is 10.3. The lowest BCUT2D eigenvalue weighted by atomic mass is 10.1. The van der Waals surface area contributed by atoms with Gasteiger partial charge in [0.15, 0.2) is 0 Å². The Morgan fingerprint density at radius 1 is 1.28 bits per heavy atom. The lowest BCUT2D eigenvalue weighted by Crippen LogP contribution is -2.27. The smallest absolute Gasteiger partial charge is 0.220 e. The third-order valence-electron chi connectivity index (χ3n) is 2.55. The van der Waals surface area contributed by atoms with Gasteiger partial charge in [0, 0.05) is 18.3 Å². The van der Waals surface area contributed by atoms with Gasteiger partial charge in [-0.3, -0.25) is 4.79 Å². The third-order valence-corrected chi connectivity index (χ3v) is 2.88. The van der Waals surface area contributed by atoms with Crippen LogP contribution in [0.1, 0.15) is 17.5 Å². The second kappa shape index (κ2) is 9.11. The van der Waals surface area contributed by atoms with Crippen molar-refractivity contribution >= 4 is 21.8 Å². The van der Waals surface area contributed by atoms with Crippen molar-refractivity contribution in [2.45, 2.75) is 19.8 Å². The van der Waals surface area contributed by atoms with E-state index in [1.165, 1.54) is 11.1 Å². The minimum absolute atomic E-state index is 0.0815. The Balaban J connectivity index is 2.11. The Labute approximate surface area is 117 Å². The molecule has 1 amide bonds. The van der Waals surface area contributed by atoms with Gasteiger partial charge in [-0.25, -0.2) is 0 Å². The van der Waals surface area contributed by atoms with Crippen LogP contribution in [-0.4, -0.2) is 31.0 Å². The van der Waals surface area contributed by atoms with Gasteiger partial charge in [0.1, 0.15) is 0 Å². The fourth-order valence-corrected chi connectivity index (χ4v) is 1.75. The van der Waals surface area contributed by atoms with Gasteiger partial charge in [-0.2, -0.15) is 0 Å². The Hall–Kier alpha value is -0.870. The molecule has 1 rings (SSSR count). The lowest BCUT2D eigenvalue weighted by Gasteiger charge is -2.06. The lowest BCUT2D eigenvalue weighted by molar-refractivity contribution is -0.121. The third kappa shape index (κ3) is 6.77. The number of carbonyl (C=O) groups is 1. The largest absolute Gasteiger partial charge is 0.379 e. The zero-order valence-electron chi connectivity index (χ0n) is 10.7. The summed E-state index contributed by atoms with van der Waals surface area (Å²) in [6.07, 6.45) is 1.32. The highest BCUT2D eigenvalue weighted by Gasteiger charge is 2.01. The summed E-state index contributed by atoms with van der Waals surface area (Å²) in [6.45, 7) is 3.89. The molecule has 0 aliphatic rings. The van der Waals surface area contributed by atoms with E-state index in [1.807, 2.05) is 0 Å². The predicted molar refractivity (Wildman–Crippen MR) is 77.1 cm³/mol. The van der Waals surface area contributed by atoms with Gasteiger partial charge in [-0.1, -0.05) is 45.8 Å². The maximum absolute atomic E-state index is 11.5. The fourth-order valence-electron chi connectivity index (χ4n) is 1.52. The van der Waals surface area contributed by atoms with Crippen LogP contribution in [0.15, 0.2) is 24.3 Å². The minimum atomic E-state index is 0.0815. The summed E-state index contributed by atoms with van der Waals surface area (Å²) in [4.78, 5) is 11.5. The molecule has 18 heavy (non-hydrogen) atoms. The van der Waals surface area contributed by atoms with Crippen molar-refractivity contribution in [3.8, 4) is 0 Å². The van der Waals surface area contributed by atoms with Gasteiger partial charge < -0.3 is 10.1 Å². The van der Waals surface area contributed by atoms with E-state index in [2.05, 4.69) is 52.4 Å². The summed E-state index contributed by atoms with van der Waals surface area (Å²) in [5.74, 6) is 0.0815. The predicted octanol–water partition coefficient (Wildman–Crippen LogP) is 2.46. The van der Waals surface area contributed by atoms with Crippen molar-refractivity contribution in [2.75, 3.05) is 25.1 Å². The zero-order chi connectivity index (χ0) is 13.2. The molecule has 1 aromatic carbocycles. The topological polar surface area (TPSA) is 38.3 Å². The first-order valence-corrected chi connectivity index (χ1v) is 7.30. The van der Waals surface area contributed by atoms with Gasteiger partial charge >= 0.3 is 0 Å². The summed E-state index contributed by atoms with van der Waals surface area (Å²) in [5.41, 5.74) is 2.44. The van der Waals surface area contributed by atoms with Crippen LogP contribution in [-0.2, 0) is 16.0 Å². The molecule has 0 bridgehead atoms. The van der Waals surface area contributed by atoms with Crippen molar-refractivity contribution in [1.82, 2.24) is 5.32 Å². The average molecular weight is 314 g/mol. The number of hydrogen-bond acceptors (Lipinski definition) is 2. The standard InChI is InChI=1S/C14H20BrNO2/c1-12-2-4-13(5-3-12)6-7-14(17)16-9-11-18-10-8-15/h2-5H,6-11H2,1H3,(H,16,17). The maximum Gasteiger partial charge on any atom is 0.220 e. The maximum atomic E-state index is 11.5. The molecule has 1 aromatic rings. The minimum Gasteiger partial charge on any atom is -0.379 e. The molecule has 4 heteroatoms. The van der Waals surface area contributed by atoms with Gasteiger partial charge in [-0.15, -0.1) is 0 Å². The second-order valence-corrected chi connectivity index (χ2v) is 4.93. The number of amides is 1. The molecule has 1 N–H and O–H groups in total. The highest BCUT2D eigenvalue weighted by Crippen LogP contribution is 2.05. The quantitative estimate of drug-likeness (QED) is 0.591. The van der Waals surface area contributed by atoms with Crippen LogP contribution in [0.4, 0.5) is 0 Å². The van der Waals surface area contributed by atoms with Crippen LogP contribution in [0, 0.1) is 6.92 Å². The highest BCUT2D eigenvalue weighted by molar-refractivity contribution is 9.09. The summed E-state index contributed by atoms with van der Waals surface area (Å²) < 4.78 is 5.25. The summed E-state index contributed by atoms with van der Waals surface area (Å²) >= 11 is 3.27. The zero-order valence-corrected chi connectivity index (χ0v) is 12.3. The molecule has 100 valence electrons. The second-order valence-electron chi connectivity index (χ2n) is 4.14. The number of carbonyl (C=O) groups excluding carboxylic acids is 1. The van der Waals surface area contributed by atoms with Crippen LogP contribution in [0.3, 0.4) is 0 Å². The first-order valence-electron chi connectivity index (χ1n) is 6.18. The molecular formula is C14H20BrNO2. The molecular weight excluding hydrogens is 294 g/mol. The van der Waals surface area contributed by atoms with Gasteiger partial charge in [0.05, 0.1) is 13.2 Å². The molecule has 0 fully saturated rings.